The number of carbonyl (C=O) groups excluding carboxylic acids is 2. The van der Waals surface area contributed by atoms with Gasteiger partial charge in [-0.1, -0.05) is 103 Å². The molecule has 4 nitrogen and oxygen atoms in total. The van der Waals surface area contributed by atoms with Crippen molar-refractivity contribution in [2.45, 2.75) is 38.1 Å². The summed E-state index contributed by atoms with van der Waals surface area (Å²) in [6.45, 7) is 0.657. The highest BCUT2D eigenvalue weighted by atomic mass is 35.5. The first-order valence-corrected chi connectivity index (χ1v) is 14.1. The number of fused-ring (bicyclic) bond motifs is 1. The lowest BCUT2D eigenvalue weighted by atomic mass is 9.82. The topological polar surface area (TPSA) is 58.5 Å². The zero-order chi connectivity index (χ0) is 27.0. The molecule has 0 spiro atoms. The number of unbranched alkanes of at least 4 members (excludes halogenated alkanes) is 1. The number of benzene rings is 3. The number of allylic oxidation sites excluding steroid dienone is 1. The summed E-state index contributed by atoms with van der Waals surface area (Å²) in [5.74, 6) is 0.157. The second-order valence-electron chi connectivity index (χ2n) is 10.3. The van der Waals surface area contributed by atoms with Crippen LogP contribution in [-0.2, 0) is 22.4 Å². The van der Waals surface area contributed by atoms with Crippen molar-refractivity contribution in [1.82, 2.24) is 5.32 Å². The van der Waals surface area contributed by atoms with Crippen LogP contribution < -0.4 is 5.32 Å². The van der Waals surface area contributed by atoms with Crippen LogP contribution in [0.5, 0.6) is 0 Å². The standard InChI is InChI=1S/C34H33ClN2O2/c35-29-18-15-25(16-19-29)21-31(32(38)14-8-7-11-24-9-3-1-4-10-24)37-34(39)27-17-20-30-28(22-27)23-36-33(30)26-12-5-2-6-13-26/h1-6,9-10,12-13,15-20,22,28,30-31H,7-8,11,14,21,23H2,(H,37,39)/t28?,30?,31-/m0/s1. The SMILES string of the molecule is O=C(N[C@@H](Cc1ccc(Cl)cc1)C(=O)CCCCc1ccccc1)C1=CC2CN=C(c3ccccc3)C2C=C1. The van der Waals surface area contributed by atoms with Gasteiger partial charge in [-0.15, -0.1) is 0 Å². The maximum atomic E-state index is 13.4. The lowest BCUT2D eigenvalue weighted by Gasteiger charge is -2.22. The molecule has 3 atom stereocenters. The molecule has 0 saturated heterocycles. The van der Waals surface area contributed by atoms with E-state index in [9.17, 15) is 9.59 Å². The Morgan fingerprint density at radius 1 is 0.897 bits per heavy atom. The summed E-state index contributed by atoms with van der Waals surface area (Å²) in [6, 6.07) is 27.4. The van der Waals surface area contributed by atoms with Crippen molar-refractivity contribution in [2.75, 3.05) is 6.54 Å². The number of carbonyl (C=O) groups is 2. The minimum atomic E-state index is -0.595. The average Bonchev–Trinajstić information content (AvgIpc) is 3.40. The summed E-state index contributed by atoms with van der Waals surface area (Å²) in [4.78, 5) is 31.5. The van der Waals surface area contributed by atoms with Gasteiger partial charge >= 0.3 is 0 Å². The highest BCUT2D eigenvalue weighted by Crippen LogP contribution is 2.32. The fraction of sp³-hybridized carbons (Fsp3) is 0.265. The number of amides is 1. The summed E-state index contributed by atoms with van der Waals surface area (Å²) in [6.07, 6.45) is 9.50. The molecular formula is C34H33ClN2O2. The van der Waals surface area contributed by atoms with Gasteiger partial charge in [0.15, 0.2) is 5.78 Å². The van der Waals surface area contributed by atoms with Crippen LogP contribution in [0.2, 0.25) is 5.02 Å². The number of rotatable bonds is 11. The van der Waals surface area contributed by atoms with Gasteiger partial charge in [-0.2, -0.15) is 0 Å². The van der Waals surface area contributed by atoms with Gasteiger partial charge in [0, 0.05) is 41.1 Å². The number of nitrogens with zero attached hydrogens (tertiary/aromatic N) is 1. The first kappa shape index (κ1) is 26.8. The molecule has 1 heterocycles. The molecule has 0 saturated carbocycles. The van der Waals surface area contributed by atoms with E-state index in [2.05, 4.69) is 35.7 Å². The minimum absolute atomic E-state index is 0.0557. The Labute approximate surface area is 235 Å². The quantitative estimate of drug-likeness (QED) is 0.281. The molecule has 1 aliphatic carbocycles. The summed E-state index contributed by atoms with van der Waals surface area (Å²) >= 11 is 6.06. The van der Waals surface area contributed by atoms with Gasteiger partial charge in [-0.3, -0.25) is 14.6 Å². The van der Waals surface area contributed by atoms with Gasteiger partial charge < -0.3 is 5.32 Å². The van der Waals surface area contributed by atoms with Gasteiger partial charge in [0.1, 0.15) is 0 Å². The van der Waals surface area contributed by atoms with E-state index in [-0.39, 0.29) is 23.5 Å². The number of nitrogens with one attached hydrogen (secondary N) is 1. The van der Waals surface area contributed by atoms with Crippen molar-refractivity contribution in [3.63, 3.8) is 0 Å². The Morgan fingerprint density at radius 2 is 1.62 bits per heavy atom. The van der Waals surface area contributed by atoms with E-state index >= 15 is 0 Å². The normalized spacial score (nSPS) is 18.6. The molecule has 2 aliphatic rings. The summed E-state index contributed by atoms with van der Waals surface area (Å²) in [5.41, 5.74) is 5.03. The number of halogens is 1. The maximum Gasteiger partial charge on any atom is 0.251 e. The van der Waals surface area contributed by atoms with E-state index in [0.717, 1.165) is 36.1 Å². The molecule has 1 amide bonds. The molecule has 0 bridgehead atoms. The van der Waals surface area contributed by atoms with E-state index in [0.29, 0.717) is 30.0 Å². The van der Waals surface area contributed by atoms with E-state index < -0.39 is 6.04 Å². The molecule has 0 aromatic heterocycles. The van der Waals surface area contributed by atoms with Gasteiger partial charge in [-0.25, -0.2) is 0 Å². The highest BCUT2D eigenvalue weighted by Gasteiger charge is 2.32. The van der Waals surface area contributed by atoms with Crippen LogP contribution in [0.4, 0.5) is 0 Å². The lowest BCUT2D eigenvalue weighted by molar-refractivity contribution is -0.126. The number of Topliss-reactive ketones (excluding diaryl/α,β-unsaturated/α-hetero) is 1. The Morgan fingerprint density at radius 3 is 2.36 bits per heavy atom. The fourth-order valence-corrected chi connectivity index (χ4v) is 5.47. The second-order valence-corrected chi connectivity index (χ2v) is 10.7. The summed E-state index contributed by atoms with van der Waals surface area (Å²) in [5, 5.41) is 3.70. The second kappa shape index (κ2) is 12.9. The predicted octanol–water partition coefficient (Wildman–Crippen LogP) is 6.58. The number of aliphatic imine (C=N–C) groups is 1. The monoisotopic (exact) mass is 536 g/mol. The first-order valence-electron chi connectivity index (χ1n) is 13.7. The largest absolute Gasteiger partial charge is 0.342 e. The molecule has 3 aromatic rings. The van der Waals surface area contributed by atoms with Crippen LogP contribution in [0.3, 0.4) is 0 Å². The molecule has 0 fully saturated rings. The van der Waals surface area contributed by atoms with E-state index in [1.54, 1.807) is 0 Å². The van der Waals surface area contributed by atoms with E-state index in [4.69, 9.17) is 16.6 Å². The molecule has 2 unspecified atom stereocenters. The number of ketones is 1. The Bertz CT molecular complexity index is 1380. The van der Waals surface area contributed by atoms with Crippen molar-refractivity contribution in [3.05, 3.63) is 130 Å². The lowest BCUT2D eigenvalue weighted by Crippen LogP contribution is -2.43. The molecule has 5 rings (SSSR count). The van der Waals surface area contributed by atoms with Gasteiger partial charge in [0.2, 0.25) is 0 Å². The van der Waals surface area contributed by atoms with Crippen LogP contribution in [0, 0.1) is 11.8 Å². The average molecular weight is 537 g/mol. The van der Waals surface area contributed by atoms with Crippen LogP contribution >= 0.6 is 11.6 Å². The Kier molecular flexibility index (Phi) is 8.85. The third-order valence-corrected chi connectivity index (χ3v) is 7.74. The van der Waals surface area contributed by atoms with Gasteiger partial charge in [0.25, 0.3) is 5.91 Å². The summed E-state index contributed by atoms with van der Waals surface area (Å²) < 4.78 is 0. The Hall–Kier alpha value is -3.76. The number of hydrogen-bond donors (Lipinski definition) is 1. The van der Waals surface area contributed by atoms with Crippen molar-refractivity contribution in [2.24, 2.45) is 16.8 Å². The van der Waals surface area contributed by atoms with Crippen LogP contribution in [0.15, 0.2) is 114 Å². The van der Waals surface area contributed by atoms with Crippen molar-refractivity contribution in [3.8, 4) is 0 Å². The third-order valence-electron chi connectivity index (χ3n) is 7.49. The van der Waals surface area contributed by atoms with Gasteiger partial charge in [-0.05, 0) is 54.5 Å². The first-order chi connectivity index (χ1) is 19.1. The molecule has 39 heavy (non-hydrogen) atoms. The third kappa shape index (κ3) is 7.01. The van der Waals surface area contributed by atoms with E-state index in [1.165, 1.54) is 5.56 Å². The molecule has 1 N–H and O–H groups in total. The molecule has 1 aliphatic heterocycles. The highest BCUT2D eigenvalue weighted by molar-refractivity contribution is 6.30. The van der Waals surface area contributed by atoms with Crippen molar-refractivity contribution in [1.29, 1.82) is 0 Å². The van der Waals surface area contributed by atoms with Crippen molar-refractivity contribution < 1.29 is 9.59 Å². The zero-order valence-electron chi connectivity index (χ0n) is 21.9. The predicted molar refractivity (Wildman–Crippen MR) is 158 cm³/mol. The smallest absolute Gasteiger partial charge is 0.251 e. The Balaban J connectivity index is 1.22. The zero-order valence-corrected chi connectivity index (χ0v) is 22.7. The molecule has 5 heteroatoms. The number of hydrogen-bond acceptors (Lipinski definition) is 3. The molecule has 198 valence electrons. The van der Waals surface area contributed by atoms with Crippen molar-refractivity contribution >= 4 is 29.0 Å². The minimum Gasteiger partial charge on any atom is -0.342 e. The maximum absolute atomic E-state index is 13.4. The molecule has 3 aromatic carbocycles. The van der Waals surface area contributed by atoms with Crippen LogP contribution in [0.1, 0.15) is 36.0 Å². The van der Waals surface area contributed by atoms with Crippen LogP contribution in [-0.4, -0.2) is 30.0 Å². The summed E-state index contributed by atoms with van der Waals surface area (Å²) in [7, 11) is 0. The fourth-order valence-electron chi connectivity index (χ4n) is 5.34. The number of aryl methyl sites for hydroxylation is 1. The van der Waals surface area contributed by atoms with Crippen LogP contribution in [0.25, 0.3) is 0 Å². The van der Waals surface area contributed by atoms with E-state index in [1.807, 2.05) is 72.8 Å². The molecular weight excluding hydrogens is 504 g/mol. The molecule has 0 radical (unpaired) electrons. The van der Waals surface area contributed by atoms with Gasteiger partial charge in [0.05, 0.1) is 6.04 Å².